The number of aromatic amines is 1. The molecule has 0 radical (unpaired) electrons. The lowest BCUT2D eigenvalue weighted by atomic mass is 9.97. The van der Waals surface area contributed by atoms with Crippen LogP contribution in [0.2, 0.25) is 0 Å². The monoisotopic (exact) mass is 327 g/mol. The van der Waals surface area contributed by atoms with Crippen molar-refractivity contribution in [2.24, 2.45) is 5.92 Å². The predicted octanol–water partition coefficient (Wildman–Crippen LogP) is 2.06. The molecule has 3 heterocycles. The number of nitrogens with one attached hydrogen (secondary N) is 2. The van der Waals surface area contributed by atoms with Gasteiger partial charge in [0.25, 0.3) is 5.91 Å². The van der Waals surface area contributed by atoms with Crippen LogP contribution >= 0.6 is 0 Å². The summed E-state index contributed by atoms with van der Waals surface area (Å²) in [6.45, 7) is 7.67. The zero-order valence-corrected chi connectivity index (χ0v) is 14.4. The van der Waals surface area contributed by atoms with Gasteiger partial charge in [-0.3, -0.25) is 14.7 Å². The number of pyridine rings is 1. The Kier molecular flexibility index (Phi) is 5.25. The van der Waals surface area contributed by atoms with E-state index in [4.69, 9.17) is 0 Å². The smallest absolute Gasteiger partial charge is 0.253 e. The highest BCUT2D eigenvalue weighted by Gasteiger charge is 2.22. The summed E-state index contributed by atoms with van der Waals surface area (Å²) >= 11 is 0. The molecule has 0 saturated carbocycles. The summed E-state index contributed by atoms with van der Waals surface area (Å²) in [4.78, 5) is 26.3. The number of carbonyl (C=O) groups is 1. The van der Waals surface area contributed by atoms with E-state index in [1.807, 2.05) is 13.0 Å². The fraction of sp³-hybridized carbons (Fsp3) is 0.500. The van der Waals surface area contributed by atoms with Crippen molar-refractivity contribution < 1.29 is 4.79 Å². The van der Waals surface area contributed by atoms with Crippen LogP contribution in [0.15, 0.2) is 24.8 Å². The molecule has 0 aliphatic carbocycles. The second-order valence-corrected chi connectivity index (χ2v) is 6.62. The maximum Gasteiger partial charge on any atom is 0.253 e. The van der Waals surface area contributed by atoms with Gasteiger partial charge in [0.15, 0.2) is 0 Å². The van der Waals surface area contributed by atoms with E-state index in [1.54, 1.807) is 18.7 Å². The first-order valence-electron chi connectivity index (χ1n) is 8.53. The summed E-state index contributed by atoms with van der Waals surface area (Å²) in [5, 5.41) is 3.07. The fourth-order valence-corrected chi connectivity index (χ4v) is 3.25. The summed E-state index contributed by atoms with van der Waals surface area (Å²) in [5.41, 5.74) is 3.88. The first-order valence-corrected chi connectivity index (χ1v) is 8.53. The van der Waals surface area contributed by atoms with E-state index in [0.717, 1.165) is 49.4 Å². The molecule has 24 heavy (non-hydrogen) atoms. The number of imidazole rings is 1. The third-order valence-corrected chi connectivity index (χ3v) is 4.75. The van der Waals surface area contributed by atoms with Crippen molar-refractivity contribution in [2.45, 2.75) is 33.2 Å². The van der Waals surface area contributed by atoms with Crippen molar-refractivity contribution in [1.29, 1.82) is 0 Å². The molecule has 1 amide bonds. The zero-order chi connectivity index (χ0) is 16.9. The van der Waals surface area contributed by atoms with Crippen molar-refractivity contribution in [1.82, 2.24) is 25.2 Å². The number of carbonyl (C=O) groups excluding carboxylic acids is 1. The van der Waals surface area contributed by atoms with Crippen molar-refractivity contribution in [3.05, 3.63) is 47.3 Å². The number of aromatic nitrogens is 3. The molecule has 0 spiro atoms. The quantitative estimate of drug-likeness (QED) is 0.881. The molecule has 1 aliphatic rings. The van der Waals surface area contributed by atoms with Crippen LogP contribution in [0.25, 0.3) is 0 Å². The minimum absolute atomic E-state index is 0.0270. The van der Waals surface area contributed by atoms with Gasteiger partial charge in [-0.2, -0.15) is 0 Å². The largest absolute Gasteiger partial charge is 0.352 e. The van der Waals surface area contributed by atoms with Crippen molar-refractivity contribution in [3.63, 3.8) is 0 Å². The van der Waals surface area contributed by atoms with Crippen LogP contribution in [0.4, 0.5) is 0 Å². The first-order chi connectivity index (χ1) is 11.6. The SMILES string of the molecule is Cc1ccncc1C(=O)NC[C@@H]1CCCN(Cc2nc[nH]c2C)C1. The molecule has 2 aromatic rings. The lowest BCUT2D eigenvalue weighted by molar-refractivity contribution is 0.0929. The molecule has 1 saturated heterocycles. The number of likely N-dealkylation sites (tertiary alicyclic amines) is 1. The van der Waals surface area contributed by atoms with Crippen LogP contribution in [0, 0.1) is 19.8 Å². The zero-order valence-electron chi connectivity index (χ0n) is 14.4. The summed E-state index contributed by atoms with van der Waals surface area (Å²) in [5.74, 6) is 0.458. The Hall–Kier alpha value is -2.21. The predicted molar refractivity (Wildman–Crippen MR) is 92.6 cm³/mol. The molecule has 0 bridgehead atoms. The summed E-state index contributed by atoms with van der Waals surface area (Å²) in [7, 11) is 0. The molecule has 1 fully saturated rings. The maximum absolute atomic E-state index is 12.3. The van der Waals surface area contributed by atoms with Crippen LogP contribution in [0.5, 0.6) is 0 Å². The molecule has 0 aromatic carbocycles. The van der Waals surface area contributed by atoms with E-state index < -0.39 is 0 Å². The number of aryl methyl sites for hydroxylation is 2. The van der Waals surface area contributed by atoms with E-state index in [9.17, 15) is 4.79 Å². The van der Waals surface area contributed by atoms with Gasteiger partial charge in [-0.1, -0.05) is 0 Å². The molecule has 1 atom stereocenters. The van der Waals surface area contributed by atoms with Crippen molar-refractivity contribution in [2.75, 3.05) is 19.6 Å². The van der Waals surface area contributed by atoms with Crippen LogP contribution in [-0.4, -0.2) is 45.4 Å². The standard InChI is InChI=1S/C18H25N5O/c1-13-5-6-19-9-16(13)18(24)20-8-15-4-3-7-23(10-15)11-17-14(2)21-12-22-17/h5-6,9,12,15H,3-4,7-8,10-11H2,1-2H3,(H,20,24)(H,21,22)/t15-/m0/s1. The molecular formula is C18H25N5O. The Bertz CT molecular complexity index is 696. The highest BCUT2D eigenvalue weighted by atomic mass is 16.1. The van der Waals surface area contributed by atoms with E-state index in [2.05, 4.69) is 32.1 Å². The minimum Gasteiger partial charge on any atom is -0.352 e. The molecular weight excluding hydrogens is 302 g/mol. The average molecular weight is 327 g/mol. The van der Waals surface area contributed by atoms with Gasteiger partial charge in [-0.25, -0.2) is 4.98 Å². The molecule has 2 N–H and O–H groups in total. The summed E-state index contributed by atoms with van der Waals surface area (Å²) in [6.07, 6.45) is 7.42. The number of H-pyrrole nitrogens is 1. The third kappa shape index (κ3) is 4.00. The van der Waals surface area contributed by atoms with E-state index >= 15 is 0 Å². The van der Waals surface area contributed by atoms with Crippen LogP contribution in [0.3, 0.4) is 0 Å². The maximum atomic E-state index is 12.3. The Labute approximate surface area is 142 Å². The number of rotatable bonds is 5. The first kappa shape index (κ1) is 16.6. The van der Waals surface area contributed by atoms with E-state index in [-0.39, 0.29) is 5.91 Å². The molecule has 2 aromatic heterocycles. The molecule has 128 valence electrons. The molecule has 6 heteroatoms. The lowest BCUT2D eigenvalue weighted by Crippen LogP contribution is -2.40. The van der Waals surface area contributed by atoms with Gasteiger partial charge in [0.2, 0.25) is 0 Å². The lowest BCUT2D eigenvalue weighted by Gasteiger charge is -2.32. The molecule has 6 nitrogen and oxygen atoms in total. The minimum atomic E-state index is -0.0270. The van der Waals surface area contributed by atoms with Gasteiger partial charge >= 0.3 is 0 Å². The highest BCUT2D eigenvalue weighted by molar-refractivity contribution is 5.95. The summed E-state index contributed by atoms with van der Waals surface area (Å²) < 4.78 is 0. The van der Waals surface area contributed by atoms with E-state index in [0.29, 0.717) is 18.0 Å². The highest BCUT2D eigenvalue weighted by Crippen LogP contribution is 2.18. The summed E-state index contributed by atoms with van der Waals surface area (Å²) in [6, 6.07) is 1.86. The Balaban J connectivity index is 1.51. The number of piperidine rings is 1. The Morgan fingerprint density at radius 1 is 1.46 bits per heavy atom. The normalized spacial score (nSPS) is 18.5. The number of hydrogen-bond donors (Lipinski definition) is 2. The topological polar surface area (TPSA) is 73.9 Å². The van der Waals surface area contributed by atoms with Crippen molar-refractivity contribution in [3.8, 4) is 0 Å². The third-order valence-electron chi connectivity index (χ3n) is 4.75. The second-order valence-electron chi connectivity index (χ2n) is 6.62. The van der Waals surface area contributed by atoms with Gasteiger partial charge < -0.3 is 10.3 Å². The van der Waals surface area contributed by atoms with Crippen LogP contribution < -0.4 is 5.32 Å². The second kappa shape index (κ2) is 7.57. The van der Waals surface area contributed by atoms with Gasteiger partial charge in [0.1, 0.15) is 0 Å². The van der Waals surface area contributed by atoms with E-state index in [1.165, 1.54) is 0 Å². The Morgan fingerprint density at radius 2 is 2.33 bits per heavy atom. The van der Waals surface area contributed by atoms with Gasteiger partial charge in [0.05, 0.1) is 17.6 Å². The number of hydrogen-bond acceptors (Lipinski definition) is 4. The van der Waals surface area contributed by atoms with Crippen LogP contribution in [0.1, 0.15) is 40.2 Å². The molecule has 0 unspecified atom stereocenters. The van der Waals surface area contributed by atoms with Gasteiger partial charge in [0, 0.05) is 37.7 Å². The molecule has 3 rings (SSSR count). The van der Waals surface area contributed by atoms with Crippen molar-refractivity contribution >= 4 is 5.91 Å². The van der Waals surface area contributed by atoms with Crippen LogP contribution in [-0.2, 0) is 6.54 Å². The average Bonchev–Trinajstić information content (AvgIpc) is 2.98. The van der Waals surface area contributed by atoms with Gasteiger partial charge in [-0.15, -0.1) is 0 Å². The van der Waals surface area contributed by atoms with Gasteiger partial charge in [-0.05, 0) is 50.8 Å². The Morgan fingerprint density at radius 3 is 3.08 bits per heavy atom. The number of nitrogens with zero attached hydrogens (tertiary/aromatic N) is 3. The fourth-order valence-electron chi connectivity index (χ4n) is 3.25. The molecule has 1 aliphatic heterocycles. The number of amides is 1.